The zero-order valence-electron chi connectivity index (χ0n) is 14.5. The number of cyclic esters (lactones) is 2. The van der Waals surface area contributed by atoms with Gasteiger partial charge in [0.2, 0.25) is 0 Å². The first-order valence-corrected chi connectivity index (χ1v) is 15.3. The maximum absolute atomic E-state index is 10.0. The van der Waals surface area contributed by atoms with Crippen LogP contribution >= 0.6 is 40.7 Å². The van der Waals surface area contributed by atoms with E-state index >= 15 is 0 Å². The highest BCUT2D eigenvalue weighted by Crippen LogP contribution is 2.48. The number of carbonyl (C=O) groups excluding carboxylic acids is 2. The number of hydrogen-bond acceptors (Lipinski definition) is 10. The van der Waals surface area contributed by atoms with E-state index in [2.05, 4.69) is 11.7 Å². The summed E-state index contributed by atoms with van der Waals surface area (Å²) in [5, 5.41) is 0. The van der Waals surface area contributed by atoms with Crippen molar-refractivity contribution >= 4 is 71.5 Å². The predicted octanol–water partition coefficient (Wildman–Crippen LogP) is 3.02. The van der Waals surface area contributed by atoms with Gasteiger partial charge in [-0.15, -0.1) is 0 Å². The molecule has 150 valence electrons. The van der Waals surface area contributed by atoms with Crippen LogP contribution < -0.4 is 0 Å². The molecule has 0 saturated carbocycles. The molecule has 0 atom stereocenters. The third-order valence-electron chi connectivity index (χ3n) is 2.22. The molecule has 1 fully saturated rings. The summed E-state index contributed by atoms with van der Waals surface area (Å²) in [6.07, 6.45) is 1.73. The summed E-state index contributed by atoms with van der Waals surface area (Å²) in [7, 11) is 4.45. The Kier molecular flexibility index (Phi) is 20.5. The fourth-order valence-corrected chi connectivity index (χ4v) is 15.4. The lowest BCUT2D eigenvalue weighted by molar-refractivity contribution is -0.151. The summed E-state index contributed by atoms with van der Waals surface area (Å²) in [4.78, 5) is 20.0. The highest BCUT2D eigenvalue weighted by Gasteiger charge is 2.43. The maximum Gasteiger partial charge on any atom is 0.585 e. The second-order valence-corrected chi connectivity index (χ2v) is 14.6. The SMILES string of the molecule is CCCSSSS[Si](OCC)(OCC)OCC.O=C1CCC(=O)O1.[SiH4]. The number of rotatable bonds is 12. The Bertz CT molecular complexity index is 334. The third kappa shape index (κ3) is 14.6. The minimum atomic E-state index is -2.51. The van der Waals surface area contributed by atoms with Gasteiger partial charge in [0.15, 0.2) is 0 Å². The third-order valence-corrected chi connectivity index (χ3v) is 15.1. The average molecular weight is 467 g/mol. The summed E-state index contributed by atoms with van der Waals surface area (Å²) >= 11 is 0. The molecule has 1 rings (SSSR count). The van der Waals surface area contributed by atoms with Crippen molar-refractivity contribution in [2.75, 3.05) is 25.6 Å². The predicted molar refractivity (Wildman–Crippen MR) is 118 cm³/mol. The van der Waals surface area contributed by atoms with E-state index in [1.165, 1.54) is 12.2 Å². The monoisotopic (exact) mass is 466 g/mol. The standard InChI is InChI=1S/C9H22O3S4Si.C4H4O3.H4Si/c1-5-9-13-14-15-16-17(10-6-2,11-7-3)12-8-4;5-3-1-2-4(6)7-3;/h5-9H2,1-4H3;1-2H2;1H4. The fourth-order valence-electron chi connectivity index (χ4n) is 1.35. The van der Waals surface area contributed by atoms with E-state index in [1.54, 1.807) is 29.9 Å². The van der Waals surface area contributed by atoms with Crippen molar-refractivity contribution in [2.24, 2.45) is 0 Å². The van der Waals surface area contributed by atoms with Gasteiger partial charge >= 0.3 is 19.9 Å². The summed E-state index contributed by atoms with van der Waals surface area (Å²) in [6.45, 7) is 10.0. The van der Waals surface area contributed by atoms with E-state index < -0.39 is 19.9 Å². The van der Waals surface area contributed by atoms with E-state index in [0.717, 1.165) is 0 Å². The average Bonchev–Trinajstić information content (AvgIpc) is 2.92. The van der Waals surface area contributed by atoms with Crippen LogP contribution in [-0.2, 0) is 27.6 Å². The molecule has 12 heteroatoms. The Hall–Kier alpha value is 0.854. The molecule has 0 aromatic carbocycles. The van der Waals surface area contributed by atoms with Gasteiger partial charge in [0.1, 0.15) is 0 Å². The zero-order chi connectivity index (χ0) is 18.3. The molecule has 0 N–H and O–H groups in total. The summed E-state index contributed by atoms with van der Waals surface area (Å²) in [6, 6.07) is 0. The van der Waals surface area contributed by atoms with Gasteiger partial charge in [-0.2, -0.15) is 0 Å². The Morgan fingerprint density at radius 2 is 1.40 bits per heavy atom. The van der Waals surface area contributed by atoms with Crippen molar-refractivity contribution in [2.45, 2.75) is 47.0 Å². The van der Waals surface area contributed by atoms with Crippen molar-refractivity contribution in [1.82, 2.24) is 0 Å². The summed E-state index contributed by atoms with van der Waals surface area (Å²) in [5.74, 6) is 0.375. The summed E-state index contributed by atoms with van der Waals surface area (Å²) in [5.41, 5.74) is 0. The second kappa shape index (κ2) is 18.2. The van der Waals surface area contributed by atoms with Crippen LogP contribution in [0.25, 0.3) is 0 Å². The van der Waals surface area contributed by atoms with Crippen LogP contribution in [0.2, 0.25) is 0 Å². The van der Waals surface area contributed by atoms with Crippen molar-refractivity contribution in [1.29, 1.82) is 0 Å². The van der Waals surface area contributed by atoms with Gasteiger partial charge in [0.25, 0.3) is 0 Å². The van der Waals surface area contributed by atoms with Gasteiger partial charge in [-0.1, -0.05) is 17.7 Å². The topological polar surface area (TPSA) is 71.1 Å². The second-order valence-electron chi connectivity index (χ2n) is 4.19. The van der Waals surface area contributed by atoms with Gasteiger partial charge < -0.3 is 18.0 Å². The summed E-state index contributed by atoms with van der Waals surface area (Å²) < 4.78 is 21.3. The van der Waals surface area contributed by atoms with E-state index in [0.29, 0.717) is 19.8 Å². The van der Waals surface area contributed by atoms with E-state index in [-0.39, 0.29) is 23.8 Å². The smallest absolute Gasteiger partial charge is 0.393 e. The molecule has 0 radical (unpaired) electrons. The van der Waals surface area contributed by atoms with Gasteiger partial charge in [0.05, 0.1) is 12.8 Å². The molecule has 1 heterocycles. The van der Waals surface area contributed by atoms with Gasteiger partial charge in [0, 0.05) is 25.6 Å². The van der Waals surface area contributed by atoms with Gasteiger partial charge in [-0.3, -0.25) is 9.59 Å². The van der Waals surface area contributed by atoms with Crippen LogP contribution in [0.1, 0.15) is 47.0 Å². The molecule has 1 aliphatic heterocycles. The normalized spacial score (nSPS) is 13.8. The van der Waals surface area contributed by atoms with E-state index in [4.69, 9.17) is 13.3 Å². The van der Waals surface area contributed by atoms with Crippen LogP contribution in [0.5, 0.6) is 0 Å². The molecule has 1 saturated heterocycles. The van der Waals surface area contributed by atoms with Crippen molar-refractivity contribution < 1.29 is 27.6 Å². The zero-order valence-corrected chi connectivity index (χ0v) is 18.8. The minimum Gasteiger partial charge on any atom is -0.393 e. The van der Waals surface area contributed by atoms with Crippen molar-refractivity contribution in [3.8, 4) is 0 Å². The van der Waals surface area contributed by atoms with Crippen LogP contribution in [0, 0.1) is 0 Å². The van der Waals surface area contributed by atoms with E-state index in [1.807, 2.05) is 31.6 Å². The molecule has 0 spiro atoms. The lowest BCUT2D eigenvalue weighted by atomic mass is 10.4. The number of carbonyl (C=O) groups is 2. The molecular formula is C13H30O6S4Si2. The lowest BCUT2D eigenvalue weighted by Gasteiger charge is -2.25. The molecule has 0 aromatic heterocycles. The molecule has 1 aliphatic rings. The van der Waals surface area contributed by atoms with Crippen molar-refractivity contribution in [3.05, 3.63) is 0 Å². The number of ether oxygens (including phenoxy) is 1. The van der Waals surface area contributed by atoms with Gasteiger partial charge in [-0.25, -0.2) is 0 Å². The Morgan fingerprint density at radius 3 is 1.72 bits per heavy atom. The highest BCUT2D eigenvalue weighted by atomic mass is 33.7. The molecule has 0 amide bonds. The molecule has 6 nitrogen and oxygen atoms in total. The minimum absolute atomic E-state index is 0. The van der Waals surface area contributed by atoms with Gasteiger partial charge in [-0.05, 0) is 68.1 Å². The molecule has 0 bridgehead atoms. The molecule has 0 aromatic rings. The van der Waals surface area contributed by atoms with Crippen LogP contribution in [0.15, 0.2) is 0 Å². The first kappa shape index (κ1) is 28.1. The van der Waals surface area contributed by atoms with E-state index in [9.17, 15) is 9.59 Å². The maximum atomic E-state index is 10.0. The number of esters is 2. The van der Waals surface area contributed by atoms with Crippen LogP contribution in [0.3, 0.4) is 0 Å². The number of hydrogen-bond donors (Lipinski definition) is 0. The largest absolute Gasteiger partial charge is 0.585 e. The van der Waals surface area contributed by atoms with Crippen LogP contribution in [-0.4, -0.2) is 56.4 Å². The lowest BCUT2D eigenvalue weighted by Crippen LogP contribution is -2.42. The Labute approximate surface area is 171 Å². The molecule has 0 aliphatic carbocycles. The highest BCUT2D eigenvalue weighted by molar-refractivity contribution is 9.28. The Morgan fingerprint density at radius 1 is 0.920 bits per heavy atom. The first-order chi connectivity index (χ1) is 11.5. The molecule has 25 heavy (non-hydrogen) atoms. The van der Waals surface area contributed by atoms with Crippen LogP contribution in [0.4, 0.5) is 0 Å². The quantitative estimate of drug-likeness (QED) is 0.141. The fraction of sp³-hybridized carbons (Fsp3) is 0.846. The first-order valence-electron chi connectivity index (χ1n) is 7.82. The molecular weight excluding hydrogens is 437 g/mol. The molecule has 0 unspecified atom stereocenters. The Balaban J connectivity index is 0. The van der Waals surface area contributed by atoms with Crippen molar-refractivity contribution in [3.63, 3.8) is 0 Å².